The number of anilines is 1. The molecule has 2 amide bonds. The van der Waals surface area contributed by atoms with E-state index in [0.717, 1.165) is 16.5 Å². The molecule has 0 radical (unpaired) electrons. The second kappa shape index (κ2) is 10.4. The van der Waals surface area contributed by atoms with Gasteiger partial charge in [0.15, 0.2) is 11.5 Å². The molecule has 33 heavy (non-hydrogen) atoms. The molecule has 3 N–H and O–H groups in total. The van der Waals surface area contributed by atoms with Gasteiger partial charge < -0.3 is 34.6 Å². The summed E-state index contributed by atoms with van der Waals surface area (Å²) in [6, 6.07) is 8.74. The number of H-pyrrole nitrogens is 1. The highest BCUT2D eigenvalue weighted by molar-refractivity contribution is 6.02. The van der Waals surface area contributed by atoms with Crippen LogP contribution in [-0.4, -0.2) is 57.4 Å². The number of carbonyl (C=O) groups is 3. The van der Waals surface area contributed by atoms with Crippen LogP contribution in [0.3, 0.4) is 0 Å². The number of aromatic amines is 1. The summed E-state index contributed by atoms with van der Waals surface area (Å²) in [5.41, 5.74) is 1.92. The smallest absolute Gasteiger partial charge is 0.340 e. The topological polar surface area (TPSA) is 128 Å². The quantitative estimate of drug-likeness (QED) is 0.446. The number of esters is 2. The zero-order chi connectivity index (χ0) is 24.0. The molecule has 2 aromatic carbocycles. The summed E-state index contributed by atoms with van der Waals surface area (Å²) in [4.78, 5) is 40.5. The van der Waals surface area contributed by atoms with E-state index >= 15 is 0 Å². The van der Waals surface area contributed by atoms with Crippen molar-refractivity contribution in [3.63, 3.8) is 0 Å². The number of urea groups is 1. The average molecular weight is 455 g/mol. The summed E-state index contributed by atoms with van der Waals surface area (Å²) >= 11 is 0. The number of methoxy groups -OCH3 is 4. The van der Waals surface area contributed by atoms with Crippen molar-refractivity contribution < 1.29 is 33.3 Å². The first-order valence-electron chi connectivity index (χ1n) is 9.96. The van der Waals surface area contributed by atoms with Gasteiger partial charge in [0, 0.05) is 35.7 Å². The minimum absolute atomic E-state index is 0.0524. The molecule has 0 saturated carbocycles. The molecule has 0 fully saturated rings. The molecule has 0 aliphatic carbocycles. The van der Waals surface area contributed by atoms with E-state index < -0.39 is 24.0 Å². The lowest BCUT2D eigenvalue weighted by atomic mass is 10.1. The van der Waals surface area contributed by atoms with Gasteiger partial charge in [0.05, 0.1) is 39.7 Å². The fourth-order valence-corrected chi connectivity index (χ4v) is 3.43. The lowest BCUT2D eigenvalue weighted by Gasteiger charge is -2.18. The molecule has 0 aliphatic rings. The zero-order valence-corrected chi connectivity index (χ0v) is 18.7. The zero-order valence-electron chi connectivity index (χ0n) is 18.7. The molecule has 3 rings (SSSR count). The van der Waals surface area contributed by atoms with Gasteiger partial charge in [0.1, 0.15) is 6.04 Å². The fourth-order valence-electron chi connectivity index (χ4n) is 3.43. The summed E-state index contributed by atoms with van der Waals surface area (Å²) in [5.74, 6) is -0.718. The Morgan fingerprint density at radius 2 is 1.67 bits per heavy atom. The Balaban J connectivity index is 1.84. The highest BCUT2D eigenvalue weighted by atomic mass is 16.5. The van der Waals surface area contributed by atoms with E-state index in [1.165, 1.54) is 40.6 Å². The lowest BCUT2D eigenvalue weighted by molar-refractivity contribution is -0.142. The van der Waals surface area contributed by atoms with Crippen LogP contribution in [0.2, 0.25) is 0 Å². The predicted octanol–water partition coefficient (Wildman–Crippen LogP) is 2.88. The van der Waals surface area contributed by atoms with E-state index in [1.807, 2.05) is 24.3 Å². The Bertz CT molecular complexity index is 1170. The summed E-state index contributed by atoms with van der Waals surface area (Å²) in [6.07, 6.45) is 1.98. The molecule has 3 aromatic rings. The van der Waals surface area contributed by atoms with E-state index in [4.69, 9.17) is 18.9 Å². The number of aromatic nitrogens is 1. The van der Waals surface area contributed by atoms with Crippen LogP contribution in [0.15, 0.2) is 42.6 Å². The van der Waals surface area contributed by atoms with E-state index in [1.54, 1.807) is 6.20 Å². The van der Waals surface area contributed by atoms with Crippen molar-refractivity contribution >= 4 is 34.6 Å². The van der Waals surface area contributed by atoms with E-state index in [-0.39, 0.29) is 23.4 Å². The van der Waals surface area contributed by atoms with Gasteiger partial charge in [-0.2, -0.15) is 0 Å². The number of amides is 2. The summed E-state index contributed by atoms with van der Waals surface area (Å²) < 4.78 is 20.1. The first-order chi connectivity index (χ1) is 15.9. The molecule has 1 heterocycles. The van der Waals surface area contributed by atoms with Crippen molar-refractivity contribution in [2.75, 3.05) is 33.8 Å². The molecular formula is C23H25N3O7. The van der Waals surface area contributed by atoms with E-state index in [2.05, 4.69) is 15.6 Å². The first-order valence-corrected chi connectivity index (χ1v) is 9.96. The van der Waals surface area contributed by atoms with Crippen molar-refractivity contribution in [2.45, 2.75) is 12.5 Å². The number of para-hydroxylation sites is 1. The van der Waals surface area contributed by atoms with Crippen LogP contribution in [0.25, 0.3) is 10.9 Å². The molecule has 0 saturated heterocycles. The SMILES string of the molecule is COC(=O)c1cc(OC)c(OC)cc1NC(=O)N[C@@H](Cc1c[nH]c2ccccc12)C(=O)OC. The molecule has 1 aromatic heterocycles. The third-order valence-corrected chi connectivity index (χ3v) is 5.07. The van der Waals surface area contributed by atoms with E-state index in [9.17, 15) is 14.4 Å². The normalized spacial score (nSPS) is 11.4. The van der Waals surface area contributed by atoms with Gasteiger partial charge in [-0.15, -0.1) is 0 Å². The monoisotopic (exact) mass is 455 g/mol. The second-order valence-corrected chi connectivity index (χ2v) is 6.98. The van der Waals surface area contributed by atoms with Crippen molar-refractivity contribution in [2.24, 2.45) is 0 Å². The van der Waals surface area contributed by atoms with Crippen LogP contribution < -0.4 is 20.1 Å². The van der Waals surface area contributed by atoms with Gasteiger partial charge >= 0.3 is 18.0 Å². The molecule has 0 aliphatic heterocycles. The van der Waals surface area contributed by atoms with Crippen LogP contribution in [-0.2, 0) is 20.7 Å². The predicted molar refractivity (Wildman–Crippen MR) is 121 cm³/mol. The molecule has 0 unspecified atom stereocenters. The standard InChI is InChI=1S/C23H25N3O7/c1-30-19-10-15(21(27)32-3)17(11-20(19)31-2)25-23(29)26-18(22(28)33-4)9-13-12-24-16-8-6-5-7-14(13)16/h5-8,10-12,18,24H,9H2,1-4H3,(H2,25,26,29)/t18-/m0/s1. The van der Waals surface area contributed by atoms with Crippen molar-refractivity contribution in [3.8, 4) is 11.5 Å². The number of rotatable bonds is 8. The minimum Gasteiger partial charge on any atom is -0.493 e. The Hall–Kier alpha value is -4.21. The third kappa shape index (κ3) is 5.17. The van der Waals surface area contributed by atoms with Crippen LogP contribution in [0.5, 0.6) is 11.5 Å². The molecule has 10 heteroatoms. The van der Waals surface area contributed by atoms with Crippen LogP contribution in [0.4, 0.5) is 10.5 Å². The van der Waals surface area contributed by atoms with Gasteiger partial charge in [-0.05, 0) is 11.6 Å². The minimum atomic E-state index is -0.976. The Morgan fingerprint density at radius 3 is 2.33 bits per heavy atom. The summed E-state index contributed by atoms with van der Waals surface area (Å²) in [5, 5.41) is 6.11. The van der Waals surface area contributed by atoms with E-state index in [0.29, 0.717) is 5.75 Å². The maximum Gasteiger partial charge on any atom is 0.340 e. The van der Waals surface area contributed by atoms with Gasteiger partial charge in [-0.25, -0.2) is 14.4 Å². The fraction of sp³-hybridized carbons (Fsp3) is 0.261. The summed E-state index contributed by atoms with van der Waals surface area (Å²) in [7, 11) is 5.31. The third-order valence-electron chi connectivity index (χ3n) is 5.07. The Morgan fingerprint density at radius 1 is 0.970 bits per heavy atom. The summed E-state index contributed by atoms with van der Waals surface area (Å²) in [6.45, 7) is 0. The highest BCUT2D eigenvalue weighted by Gasteiger charge is 2.25. The molecule has 174 valence electrons. The molecule has 0 spiro atoms. The first kappa shape index (κ1) is 23.5. The highest BCUT2D eigenvalue weighted by Crippen LogP contribution is 2.33. The van der Waals surface area contributed by atoms with Crippen molar-refractivity contribution in [3.05, 3.63) is 53.7 Å². The number of carbonyl (C=O) groups excluding carboxylic acids is 3. The second-order valence-electron chi connectivity index (χ2n) is 6.98. The largest absolute Gasteiger partial charge is 0.493 e. The molecular weight excluding hydrogens is 430 g/mol. The van der Waals surface area contributed by atoms with Crippen molar-refractivity contribution in [1.82, 2.24) is 10.3 Å². The van der Waals surface area contributed by atoms with Gasteiger partial charge in [-0.3, -0.25) is 0 Å². The maximum absolute atomic E-state index is 12.8. The number of hydrogen-bond acceptors (Lipinski definition) is 7. The van der Waals surface area contributed by atoms with Gasteiger partial charge in [-0.1, -0.05) is 18.2 Å². The molecule has 10 nitrogen and oxygen atoms in total. The van der Waals surface area contributed by atoms with Gasteiger partial charge in [0.25, 0.3) is 0 Å². The Labute approximate surface area is 190 Å². The number of fused-ring (bicyclic) bond motifs is 1. The number of nitrogens with one attached hydrogen (secondary N) is 3. The average Bonchev–Trinajstić information content (AvgIpc) is 3.25. The molecule has 1 atom stereocenters. The molecule has 0 bridgehead atoms. The van der Waals surface area contributed by atoms with Crippen LogP contribution >= 0.6 is 0 Å². The number of benzene rings is 2. The van der Waals surface area contributed by atoms with Crippen LogP contribution in [0.1, 0.15) is 15.9 Å². The number of ether oxygens (including phenoxy) is 4. The lowest BCUT2D eigenvalue weighted by Crippen LogP contribution is -2.45. The maximum atomic E-state index is 12.8. The van der Waals surface area contributed by atoms with Crippen molar-refractivity contribution in [1.29, 1.82) is 0 Å². The number of hydrogen-bond donors (Lipinski definition) is 3. The Kier molecular flexibility index (Phi) is 7.39. The van der Waals surface area contributed by atoms with Crippen LogP contribution in [0, 0.1) is 0 Å². The van der Waals surface area contributed by atoms with Gasteiger partial charge in [0.2, 0.25) is 0 Å².